The predicted molar refractivity (Wildman–Crippen MR) is 64.5 cm³/mol. The maximum absolute atomic E-state index is 9.91. The number of aliphatic hydroxyl groups excluding tert-OH is 1. The number of rotatable bonds is 3. The van der Waals surface area contributed by atoms with Crippen LogP contribution in [0.15, 0.2) is 18.2 Å². The molecule has 0 radical (unpaired) electrons. The van der Waals surface area contributed by atoms with Crippen LogP contribution in [0.3, 0.4) is 0 Å². The largest absolute Gasteiger partial charge is 0.508 e. The molecule has 0 spiro atoms. The van der Waals surface area contributed by atoms with Crippen molar-refractivity contribution in [2.75, 3.05) is 19.8 Å². The van der Waals surface area contributed by atoms with Crippen LogP contribution in [0.4, 0.5) is 4.79 Å². The van der Waals surface area contributed by atoms with Crippen molar-refractivity contribution in [2.24, 2.45) is 0 Å². The highest BCUT2D eigenvalue weighted by molar-refractivity contribution is 5.68. The van der Waals surface area contributed by atoms with Crippen molar-refractivity contribution in [3.63, 3.8) is 0 Å². The van der Waals surface area contributed by atoms with Crippen LogP contribution in [-0.2, 0) is 11.3 Å². The fourth-order valence-corrected chi connectivity index (χ4v) is 1.28. The fourth-order valence-electron chi connectivity index (χ4n) is 1.28. The van der Waals surface area contributed by atoms with E-state index in [0.717, 1.165) is 0 Å². The number of hydrogen-bond acceptors (Lipinski definition) is 6. The Morgan fingerprint density at radius 2 is 2.26 bits per heavy atom. The second-order valence-corrected chi connectivity index (χ2v) is 3.50. The average molecular weight is 266 g/mol. The lowest BCUT2D eigenvalue weighted by atomic mass is 10.2. The molecule has 0 bridgehead atoms. The van der Waals surface area contributed by atoms with E-state index in [9.17, 15) is 4.79 Å². The van der Waals surface area contributed by atoms with Crippen molar-refractivity contribution < 1.29 is 24.5 Å². The summed E-state index contributed by atoms with van der Waals surface area (Å²) in [4.78, 5) is 9.91. The highest BCUT2D eigenvalue weighted by atomic mass is 16.6. The number of phenols is 1. The maximum Gasteiger partial charge on any atom is 0.407 e. The normalized spacial score (nSPS) is 12.5. The van der Waals surface area contributed by atoms with E-state index in [1.54, 1.807) is 12.1 Å². The average Bonchev–Trinajstić information content (AvgIpc) is 2.87. The Bertz CT molecular complexity index is 462. The van der Waals surface area contributed by atoms with E-state index in [4.69, 9.17) is 20.2 Å². The first kappa shape index (κ1) is 14.6. The highest BCUT2D eigenvalue weighted by Crippen LogP contribution is 2.21. The van der Waals surface area contributed by atoms with Crippen molar-refractivity contribution in [1.82, 2.24) is 5.32 Å². The number of carbonyl (C=O) groups is 1. The molecule has 0 saturated carbocycles. The molecule has 1 fully saturated rings. The number of aliphatic hydroxyl groups is 1. The van der Waals surface area contributed by atoms with Gasteiger partial charge in [0.25, 0.3) is 0 Å². The van der Waals surface area contributed by atoms with E-state index in [0.29, 0.717) is 24.5 Å². The van der Waals surface area contributed by atoms with Crippen LogP contribution in [0, 0.1) is 11.3 Å². The number of amides is 1. The fraction of sp³-hybridized carbons (Fsp3) is 0.333. The number of carbonyl (C=O) groups excluding carboxylic acids is 1. The lowest BCUT2D eigenvalue weighted by Crippen LogP contribution is -2.11. The Kier molecular flexibility index (Phi) is 5.98. The SMILES string of the molecule is N#CCOc1cc(O)cc(CO)c1.O=C1NCCO1. The number of cyclic esters (lactones) is 1. The summed E-state index contributed by atoms with van der Waals surface area (Å²) in [5.41, 5.74) is 0.549. The first-order chi connectivity index (χ1) is 9.15. The molecule has 7 nitrogen and oxygen atoms in total. The summed E-state index contributed by atoms with van der Waals surface area (Å²) >= 11 is 0. The molecule has 1 aromatic rings. The second-order valence-electron chi connectivity index (χ2n) is 3.50. The van der Waals surface area contributed by atoms with Gasteiger partial charge in [0.2, 0.25) is 0 Å². The molecule has 3 N–H and O–H groups in total. The minimum atomic E-state index is -0.296. The first-order valence-corrected chi connectivity index (χ1v) is 5.50. The van der Waals surface area contributed by atoms with Gasteiger partial charge in [0.05, 0.1) is 13.2 Å². The second kappa shape index (κ2) is 7.79. The van der Waals surface area contributed by atoms with Gasteiger partial charge in [0.15, 0.2) is 6.61 Å². The van der Waals surface area contributed by atoms with Gasteiger partial charge in [-0.2, -0.15) is 5.26 Å². The van der Waals surface area contributed by atoms with Crippen LogP contribution in [0.25, 0.3) is 0 Å². The van der Waals surface area contributed by atoms with Gasteiger partial charge in [-0.3, -0.25) is 0 Å². The number of nitrogens with zero attached hydrogens (tertiary/aromatic N) is 1. The van der Waals surface area contributed by atoms with Gasteiger partial charge in [-0.15, -0.1) is 0 Å². The van der Waals surface area contributed by atoms with Crippen LogP contribution < -0.4 is 10.1 Å². The van der Waals surface area contributed by atoms with Crippen LogP contribution >= 0.6 is 0 Å². The van der Waals surface area contributed by atoms with Gasteiger partial charge < -0.3 is 25.0 Å². The standard InChI is InChI=1S/C9H9NO3.C3H5NO2/c10-1-2-13-9-4-7(6-11)3-8(12)5-9;5-3-4-1-2-6-3/h3-5,11-12H,2,6H2;1-2H2,(H,4,5). The van der Waals surface area contributed by atoms with Gasteiger partial charge in [-0.1, -0.05) is 0 Å². The lowest BCUT2D eigenvalue weighted by Gasteiger charge is -2.04. The van der Waals surface area contributed by atoms with E-state index < -0.39 is 0 Å². The lowest BCUT2D eigenvalue weighted by molar-refractivity contribution is 0.178. The molecule has 1 heterocycles. The molecule has 19 heavy (non-hydrogen) atoms. The molecular weight excluding hydrogens is 252 g/mol. The molecular formula is C12H14N2O5. The molecule has 102 valence electrons. The van der Waals surface area contributed by atoms with E-state index in [1.807, 2.05) is 0 Å². The summed E-state index contributed by atoms with van der Waals surface area (Å²) in [5, 5.41) is 28.6. The molecule has 2 rings (SSSR count). The third kappa shape index (κ3) is 5.61. The monoisotopic (exact) mass is 266 g/mol. The number of aromatic hydroxyl groups is 1. The molecule has 0 aromatic heterocycles. The minimum Gasteiger partial charge on any atom is -0.508 e. The summed E-state index contributed by atoms with van der Waals surface area (Å²) in [6, 6.07) is 6.19. The number of phenolic OH excluding ortho intramolecular Hbond substituents is 1. The van der Waals surface area contributed by atoms with Crippen molar-refractivity contribution in [3.05, 3.63) is 23.8 Å². The van der Waals surface area contributed by atoms with Gasteiger partial charge in [0.1, 0.15) is 24.2 Å². The number of benzene rings is 1. The quantitative estimate of drug-likeness (QED) is 0.735. The zero-order valence-electron chi connectivity index (χ0n) is 10.1. The Balaban J connectivity index is 0.000000250. The number of nitrogens with one attached hydrogen (secondary N) is 1. The molecule has 0 unspecified atom stereocenters. The van der Waals surface area contributed by atoms with Crippen LogP contribution in [0.2, 0.25) is 0 Å². The Labute approximate surface area is 110 Å². The molecule has 0 atom stereocenters. The molecule has 1 amide bonds. The van der Waals surface area contributed by atoms with Gasteiger partial charge in [-0.25, -0.2) is 4.79 Å². The maximum atomic E-state index is 9.91. The highest BCUT2D eigenvalue weighted by Gasteiger charge is 2.06. The van der Waals surface area contributed by atoms with Gasteiger partial charge in [-0.05, 0) is 17.7 Å². The van der Waals surface area contributed by atoms with Crippen LogP contribution in [-0.4, -0.2) is 36.1 Å². The predicted octanol–water partition coefficient (Wildman–Crippen LogP) is 0.513. The van der Waals surface area contributed by atoms with E-state index in [1.165, 1.54) is 12.1 Å². The van der Waals surface area contributed by atoms with Crippen molar-refractivity contribution in [2.45, 2.75) is 6.61 Å². The molecule has 1 aromatic carbocycles. The molecule has 7 heteroatoms. The number of nitriles is 1. The zero-order valence-corrected chi connectivity index (χ0v) is 10.1. The first-order valence-electron chi connectivity index (χ1n) is 5.50. The summed E-state index contributed by atoms with van der Waals surface area (Å²) in [7, 11) is 0. The van der Waals surface area contributed by atoms with Crippen molar-refractivity contribution in [3.8, 4) is 17.6 Å². The summed E-state index contributed by atoms with van der Waals surface area (Å²) in [6.07, 6.45) is -0.296. The number of hydrogen-bond donors (Lipinski definition) is 3. The Morgan fingerprint density at radius 1 is 1.47 bits per heavy atom. The van der Waals surface area contributed by atoms with Crippen LogP contribution in [0.5, 0.6) is 11.5 Å². The zero-order chi connectivity index (χ0) is 14.1. The molecule has 1 aliphatic heterocycles. The molecule has 1 saturated heterocycles. The van der Waals surface area contributed by atoms with E-state index in [2.05, 4.69) is 10.1 Å². The third-order valence-electron chi connectivity index (χ3n) is 2.04. The van der Waals surface area contributed by atoms with Crippen molar-refractivity contribution in [1.29, 1.82) is 5.26 Å². The van der Waals surface area contributed by atoms with E-state index >= 15 is 0 Å². The van der Waals surface area contributed by atoms with E-state index in [-0.39, 0.29) is 25.1 Å². The number of ether oxygens (including phenoxy) is 2. The smallest absolute Gasteiger partial charge is 0.407 e. The summed E-state index contributed by atoms with van der Waals surface area (Å²) < 4.78 is 9.35. The van der Waals surface area contributed by atoms with Gasteiger partial charge in [0, 0.05) is 6.07 Å². The Morgan fingerprint density at radius 3 is 2.74 bits per heavy atom. The minimum absolute atomic E-state index is 0.0134. The van der Waals surface area contributed by atoms with Crippen molar-refractivity contribution >= 4 is 6.09 Å². The number of alkyl carbamates (subject to hydrolysis) is 1. The topological polar surface area (TPSA) is 112 Å². The Hall–Kier alpha value is -2.46. The molecule has 1 aliphatic rings. The molecule has 0 aliphatic carbocycles. The summed E-state index contributed by atoms with van der Waals surface area (Å²) in [5.74, 6) is 0.394. The van der Waals surface area contributed by atoms with Crippen LogP contribution in [0.1, 0.15) is 5.56 Å². The van der Waals surface area contributed by atoms with Gasteiger partial charge >= 0.3 is 6.09 Å². The third-order valence-corrected chi connectivity index (χ3v) is 2.04. The summed E-state index contributed by atoms with van der Waals surface area (Å²) in [6.45, 7) is 0.948.